The lowest BCUT2D eigenvalue weighted by molar-refractivity contribution is -0.131. The Labute approximate surface area is 185 Å². The molecule has 31 heavy (non-hydrogen) atoms. The second-order valence-electron chi connectivity index (χ2n) is 9.02. The third-order valence-corrected chi connectivity index (χ3v) is 5.70. The molecule has 1 saturated heterocycles. The predicted octanol–water partition coefficient (Wildman–Crippen LogP) is 3.07. The lowest BCUT2D eigenvalue weighted by Gasteiger charge is -2.34. The summed E-state index contributed by atoms with van der Waals surface area (Å²) in [6, 6.07) is 15.6. The van der Waals surface area contributed by atoms with Gasteiger partial charge in [-0.3, -0.25) is 14.5 Å². The summed E-state index contributed by atoms with van der Waals surface area (Å²) < 4.78 is 5.20. The molecule has 1 N–H and O–H groups in total. The number of benzene rings is 2. The zero-order valence-electron chi connectivity index (χ0n) is 19.0. The number of rotatable bonds is 6. The van der Waals surface area contributed by atoms with Crippen LogP contribution < -0.4 is 10.1 Å². The maximum atomic E-state index is 12.5. The summed E-state index contributed by atoms with van der Waals surface area (Å²) in [7, 11) is 1.66. The minimum atomic E-state index is -0.216. The summed E-state index contributed by atoms with van der Waals surface area (Å²) in [5.41, 5.74) is 3.02. The highest BCUT2D eigenvalue weighted by molar-refractivity contribution is 5.96. The maximum absolute atomic E-state index is 12.5. The van der Waals surface area contributed by atoms with Crippen LogP contribution in [-0.2, 0) is 16.8 Å². The van der Waals surface area contributed by atoms with E-state index >= 15 is 0 Å². The maximum Gasteiger partial charge on any atom is 0.251 e. The van der Waals surface area contributed by atoms with E-state index in [2.05, 4.69) is 43.1 Å². The number of ether oxygens (including phenoxy) is 1. The predicted molar refractivity (Wildman–Crippen MR) is 122 cm³/mol. The number of nitrogens with one attached hydrogen (secondary N) is 1. The second-order valence-corrected chi connectivity index (χ2v) is 9.02. The Morgan fingerprint density at radius 3 is 2.10 bits per heavy atom. The molecule has 0 unspecified atom stereocenters. The Balaban J connectivity index is 1.42. The van der Waals surface area contributed by atoms with Crippen LogP contribution in [0.1, 0.15) is 42.3 Å². The van der Waals surface area contributed by atoms with Crippen molar-refractivity contribution in [1.29, 1.82) is 0 Å². The second kappa shape index (κ2) is 9.96. The molecule has 2 amide bonds. The van der Waals surface area contributed by atoms with E-state index < -0.39 is 0 Å². The number of amides is 2. The monoisotopic (exact) mass is 423 g/mol. The van der Waals surface area contributed by atoms with Crippen molar-refractivity contribution in [3.63, 3.8) is 0 Å². The van der Waals surface area contributed by atoms with E-state index in [1.54, 1.807) is 7.11 Å². The van der Waals surface area contributed by atoms with Gasteiger partial charge in [0.05, 0.1) is 13.7 Å². The van der Waals surface area contributed by atoms with Crippen molar-refractivity contribution < 1.29 is 14.3 Å². The molecule has 0 aliphatic carbocycles. The number of nitrogens with zero attached hydrogens (tertiary/aromatic N) is 2. The van der Waals surface area contributed by atoms with Gasteiger partial charge in [0.15, 0.2) is 0 Å². The molecule has 3 rings (SSSR count). The molecule has 0 bridgehead atoms. The summed E-state index contributed by atoms with van der Waals surface area (Å²) in [5, 5.41) is 2.76. The molecule has 0 saturated carbocycles. The highest BCUT2D eigenvalue weighted by atomic mass is 16.5. The molecule has 0 atom stereocenters. The average Bonchev–Trinajstić information content (AvgIpc) is 2.78. The van der Waals surface area contributed by atoms with Crippen LogP contribution in [0, 0.1) is 0 Å². The molecule has 2 aromatic rings. The number of hydrogen-bond acceptors (Lipinski definition) is 4. The number of piperazine rings is 1. The van der Waals surface area contributed by atoms with E-state index in [0.29, 0.717) is 18.7 Å². The van der Waals surface area contributed by atoms with Crippen LogP contribution in [0.25, 0.3) is 0 Å². The summed E-state index contributed by atoms with van der Waals surface area (Å²) in [5.74, 6) is 0.599. The van der Waals surface area contributed by atoms with Crippen molar-refractivity contribution in [3.8, 4) is 5.75 Å². The van der Waals surface area contributed by atoms with E-state index in [-0.39, 0.29) is 23.8 Å². The Kier molecular flexibility index (Phi) is 7.33. The van der Waals surface area contributed by atoms with Crippen LogP contribution in [-0.4, -0.2) is 61.4 Å². The zero-order chi connectivity index (χ0) is 22.4. The van der Waals surface area contributed by atoms with Gasteiger partial charge in [-0.15, -0.1) is 0 Å². The quantitative estimate of drug-likeness (QED) is 0.776. The molecule has 166 valence electrons. The summed E-state index contributed by atoms with van der Waals surface area (Å²) in [4.78, 5) is 29.1. The van der Waals surface area contributed by atoms with Gasteiger partial charge in [0, 0.05) is 38.3 Å². The van der Waals surface area contributed by atoms with E-state index in [0.717, 1.165) is 25.4 Å². The summed E-state index contributed by atoms with van der Waals surface area (Å²) in [6.07, 6.45) is 0. The summed E-state index contributed by atoms with van der Waals surface area (Å²) >= 11 is 0. The third kappa shape index (κ3) is 6.31. The fourth-order valence-corrected chi connectivity index (χ4v) is 3.64. The standard InChI is InChI=1S/C25H33N3O3/c1-25(2,3)21-9-7-20(8-10-21)24(30)26-17-23(29)28-15-13-27(14-16-28)18-19-5-11-22(31-4)12-6-19/h5-12H,13-18H2,1-4H3,(H,26,30). The van der Waals surface area contributed by atoms with Gasteiger partial charge in [-0.05, 0) is 40.8 Å². The van der Waals surface area contributed by atoms with E-state index in [1.807, 2.05) is 41.3 Å². The van der Waals surface area contributed by atoms with Crippen LogP contribution in [0.2, 0.25) is 0 Å². The lowest BCUT2D eigenvalue weighted by atomic mass is 9.87. The van der Waals surface area contributed by atoms with Crippen molar-refractivity contribution in [2.45, 2.75) is 32.7 Å². The SMILES string of the molecule is COc1ccc(CN2CCN(C(=O)CNC(=O)c3ccc(C(C)(C)C)cc3)CC2)cc1. The van der Waals surface area contributed by atoms with Gasteiger partial charge >= 0.3 is 0 Å². The number of methoxy groups -OCH3 is 1. The van der Waals surface area contributed by atoms with Gasteiger partial charge in [-0.1, -0.05) is 45.0 Å². The Hall–Kier alpha value is -2.86. The molecule has 0 spiro atoms. The molecule has 2 aromatic carbocycles. The fourth-order valence-electron chi connectivity index (χ4n) is 3.64. The average molecular weight is 424 g/mol. The minimum absolute atomic E-state index is 0.0261. The van der Waals surface area contributed by atoms with Gasteiger partial charge in [-0.2, -0.15) is 0 Å². The number of hydrogen-bond donors (Lipinski definition) is 1. The molecular formula is C25H33N3O3. The van der Waals surface area contributed by atoms with E-state index in [1.165, 1.54) is 11.1 Å². The molecule has 6 heteroatoms. The first-order chi connectivity index (χ1) is 14.8. The first-order valence-corrected chi connectivity index (χ1v) is 10.8. The van der Waals surface area contributed by atoms with Crippen molar-refractivity contribution in [1.82, 2.24) is 15.1 Å². The van der Waals surface area contributed by atoms with E-state index in [4.69, 9.17) is 4.74 Å². The summed E-state index contributed by atoms with van der Waals surface area (Å²) in [6.45, 7) is 10.3. The fraction of sp³-hybridized carbons (Fsp3) is 0.440. The first-order valence-electron chi connectivity index (χ1n) is 10.8. The van der Waals surface area contributed by atoms with Crippen molar-refractivity contribution >= 4 is 11.8 Å². The van der Waals surface area contributed by atoms with Gasteiger partial charge in [-0.25, -0.2) is 0 Å². The van der Waals surface area contributed by atoms with Crippen molar-refractivity contribution in [2.24, 2.45) is 0 Å². The molecular weight excluding hydrogens is 390 g/mol. The first kappa shape index (κ1) is 22.8. The topological polar surface area (TPSA) is 61.9 Å². The number of carbonyl (C=O) groups is 2. The molecule has 6 nitrogen and oxygen atoms in total. The lowest BCUT2D eigenvalue weighted by Crippen LogP contribution is -2.50. The molecule has 1 aliphatic rings. The largest absolute Gasteiger partial charge is 0.497 e. The van der Waals surface area contributed by atoms with Gasteiger partial charge in [0.1, 0.15) is 5.75 Å². The molecule has 0 aromatic heterocycles. The smallest absolute Gasteiger partial charge is 0.251 e. The van der Waals surface area contributed by atoms with Crippen LogP contribution in [0.4, 0.5) is 0 Å². The molecule has 1 fully saturated rings. The normalized spacial score (nSPS) is 14.9. The zero-order valence-corrected chi connectivity index (χ0v) is 19.0. The van der Waals surface area contributed by atoms with Crippen LogP contribution >= 0.6 is 0 Å². The van der Waals surface area contributed by atoms with Crippen LogP contribution in [0.5, 0.6) is 5.75 Å². The Morgan fingerprint density at radius 2 is 1.55 bits per heavy atom. The molecule has 0 radical (unpaired) electrons. The Bertz CT molecular complexity index is 878. The van der Waals surface area contributed by atoms with Crippen molar-refractivity contribution in [2.75, 3.05) is 39.8 Å². The highest BCUT2D eigenvalue weighted by Gasteiger charge is 2.22. The van der Waals surface area contributed by atoms with Crippen LogP contribution in [0.3, 0.4) is 0 Å². The molecule has 1 aliphatic heterocycles. The van der Waals surface area contributed by atoms with Gasteiger partial charge in [0.2, 0.25) is 5.91 Å². The Morgan fingerprint density at radius 1 is 0.935 bits per heavy atom. The van der Waals surface area contributed by atoms with Crippen LogP contribution in [0.15, 0.2) is 48.5 Å². The molecule has 1 heterocycles. The number of carbonyl (C=O) groups excluding carboxylic acids is 2. The van der Waals surface area contributed by atoms with Gasteiger partial charge in [0.25, 0.3) is 5.91 Å². The highest BCUT2D eigenvalue weighted by Crippen LogP contribution is 2.22. The van der Waals surface area contributed by atoms with Crippen molar-refractivity contribution in [3.05, 3.63) is 65.2 Å². The minimum Gasteiger partial charge on any atom is -0.497 e. The van der Waals surface area contributed by atoms with E-state index in [9.17, 15) is 9.59 Å². The third-order valence-electron chi connectivity index (χ3n) is 5.70. The van der Waals surface area contributed by atoms with Gasteiger partial charge < -0.3 is 15.0 Å².